The van der Waals surface area contributed by atoms with E-state index in [4.69, 9.17) is 0 Å². The summed E-state index contributed by atoms with van der Waals surface area (Å²) in [6.45, 7) is 0. The normalized spacial score (nSPS) is 21.8. The lowest BCUT2D eigenvalue weighted by molar-refractivity contribution is -0.432. The van der Waals surface area contributed by atoms with Gasteiger partial charge < -0.3 is 0 Å². The van der Waals surface area contributed by atoms with Crippen molar-refractivity contribution in [3.8, 4) is 0 Å². The first-order valence-electron chi connectivity index (χ1n) is 5.66. The van der Waals surface area contributed by atoms with Crippen molar-refractivity contribution in [1.82, 2.24) is 4.90 Å². The summed E-state index contributed by atoms with van der Waals surface area (Å²) in [5.41, 5.74) is 0. The maximum Gasteiger partial charge on any atom is 0.460 e. The second-order valence-electron chi connectivity index (χ2n) is 4.86. The standard InChI is InChI=1S/C9F15NO2/c10-3(11)1(26)25(2(27)4(3,12)13)9(23,24)7(18,19)5(14,15)6(16,17)8(20,21)22. The Bertz CT molecular complexity index is 637. The molecule has 0 bridgehead atoms. The number of nitrogens with zero attached hydrogens (tertiary/aromatic N) is 1. The van der Waals surface area contributed by atoms with E-state index in [0.717, 1.165) is 0 Å². The minimum Gasteiger partial charge on any atom is -0.267 e. The van der Waals surface area contributed by atoms with Crippen LogP contribution in [0.2, 0.25) is 0 Å². The fraction of sp³-hybridized carbons (Fsp3) is 0.778. The summed E-state index contributed by atoms with van der Waals surface area (Å²) >= 11 is 0. The fourth-order valence-electron chi connectivity index (χ4n) is 1.60. The van der Waals surface area contributed by atoms with E-state index in [-0.39, 0.29) is 0 Å². The van der Waals surface area contributed by atoms with Crippen LogP contribution in [0.15, 0.2) is 0 Å². The molecule has 0 unspecified atom stereocenters. The number of carbonyl (C=O) groups excluding carboxylic acids is 2. The van der Waals surface area contributed by atoms with Crippen molar-refractivity contribution in [3.63, 3.8) is 0 Å². The first-order chi connectivity index (χ1) is 11.4. The van der Waals surface area contributed by atoms with Crippen molar-refractivity contribution in [2.45, 2.75) is 41.8 Å². The van der Waals surface area contributed by atoms with Gasteiger partial charge in [0.2, 0.25) is 0 Å². The maximum absolute atomic E-state index is 13.4. The highest BCUT2D eigenvalue weighted by Crippen LogP contribution is 2.59. The van der Waals surface area contributed by atoms with Gasteiger partial charge in [-0.05, 0) is 0 Å². The van der Waals surface area contributed by atoms with Gasteiger partial charge in [0, 0.05) is 0 Å². The Morgan fingerprint density at radius 2 is 0.852 bits per heavy atom. The number of rotatable bonds is 4. The van der Waals surface area contributed by atoms with Crippen LogP contribution in [0.3, 0.4) is 0 Å². The Hall–Kier alpha value is -1.91. The highest BCUT2D eigenvalue weighted by Gasteiger charge is 2.91. The van der Waals surface area contributed by atoms with E-state index >= 15 is 0 Å². The first-order valence-corrected chi connectivity index (χ1v) is 5.66. The van der Waals surface area contributed by atoms with E-state index in [2.05, 4.69) is 0 Å². The number of hydrogen-bond acceptors (Lipinski definition) is 2. The van der Waals surface area contributed by atoms with Gasteiger partial charge >= 0.3 is 53.6 Å². The summed E-state index contributed by atoms with van der Waals surface area (Å²) in [7, 11) is 0. The quantitative estimate of drug-likeness (QED) is 0.381. The lowest BCUT2D eigenvalue weighted by Crippen LogP contribution is -2.71. The van der Waals surface area contributed by atoms with E-state index in [0.29, 0.717) is 0 Å². The summed E-state index contributed by atoms with van der Waals surface area (Å²) in [6.07, 6.45) is -7.62. The molecule has 2 amide bonds. The smallest absolute Gasteiger partial charge is 0.267 e. The maximum atomic E-state index is 13.4. The third kappa shape index (κ3) is 2.46. The molecule has 1 heterocycles. The summed E-state index contributed by atoms with van der Waals surface area (Å²) in [5.74, 6) is -45.8. The van der Waals surface area contributed by atoms with Crippen LogP contribution in [-0.2, 0) is 9.59 Å². The number of imide groups is 1. The number of likely N-dealkylation sites (tertiary alicyclic amines) is 1. The number of halogens is 15. The van der Waals surface area contributed by atoms with Gasteiger partial charge in [-0.3, -0.25) is 9.59 Å². The molecule has 1 rings (SSSR count). The van der Waals surface area contributed by atoms with Gasteiger partial charge in [0.15, 0.2) is 0 Å². The molecule has 1 fully saturated rings. The second kappa shape index (κ2) is 5.33. The van der Waals surface area contributed by atoms with E-state index in [9.17, 15) is 75.4 Å². The molecule has 0 aliphatic carbocycles. The van der Waals surface area contributed by atoms with Crippen LogP contribution in [0.5, 0.6) is 0 Å². The molecule has 0 radical (unpaired) electrons. The van der Waals surface area contributed by atoms with Crippen LogP contribution < -0.4 is 0 Å². The van der Waals surface area contributed by atoms with Crippen LogP contribution in [-0.4, -0.2) is 58.5 Å². The molecule has 18 heteroatoms. The molecule has 1 aliphatic rings. The van der Waals surface area contributed by atoms with Crippen molar-refractivity contribution in [2.24, 2.45) is 0 Å². The second-order valence-corrected chi connectivity index (χ2v) is 4.86. The van der Waals surface area contributed by atoms with Crippen LogP contribution in [0.4, 0.5) is 65.9 Å². The number of amides is 2. The molecule has 1 aliphatic heterocycles. The van der Waals surface area contributed by atoms with Crippen LogP contribution in [0.1, 0.15) is 0 Å². The lowest BCUT2D eigenvalue weighted by Gasteiger charge is -2.39. The molecule has 0 aromatic carbocycles. The van der Waals surface area contributed by atoms with Gasteiger partial charge in [0.25, 0.3) is 0 Å². The topological polar surface area (TPSA) is 37.4 Å². The lowest BCUT2D eigenvalue weighted by atomic mass is 10.0. The molecule has 1 saturated heterocycles. The summed E-state index contributed by atoms with van der Waals surface area (Å²) in [5, 5.41) is 0. The zero-order chi connectivity index (χ0) is 22.2. The largest absolute Gasteiger partial charge is 0.460 e. The van der Waals surface area contributed by atoms with Crippen LogP contribution >= 0.6 is 0 Å². The average Bonchev–Trinajstić information content (AvgIpc) is 2.55. The van der Waals surface area contributed by atoms with Crippen molar-refractivity contribution < 1.29 is 75.4 Å². The SMILES string of the molecule is O=C1N(C(F)(F)C(F)(F)C(F)(F)C(F)(F)C(F)(F)F)C(=O)C(F)(F)C1(F)F. The van der Waals surface area contributed by atoms with Gasteiger partial charge in [-0.25, -0.2) is 4.90 Å². The molecular weight excluding hydrogens is 439 g/mol. The predicted octanol–water partition coefficient (Wildman–Crippen LogP) is 3.69. The number of alkyl halides is 15. The highest BCUT2D eigenvalue weighted by atomic mass is 19.4. The zero-order valence-corrected chi connectivity index (χ0v) is 11.4. The molecule has 0 aromatic rings. The molecule has 0 spiro atoms. The number of carbonyl (C=O) groups is 2. The van der Waals surface area contributed by atoms with Gasteiger partial charge in [-0.2, -0.15) is 65.9 Å². The first kappa shape index (κ1) is 23.1. The van der Waals surface area contributed by atoms with Crippen molar-refractivity contribution in [3.05, 3.63) is 0 Å². The average molecular weight is 439 g/mol. The van der Waals surface area contributed by atoms with E-state index in [1.54, 1.807) is 0 Å². The molecule has 0 aromatic heterocycles. The Balaban J connectivity index is 3.63. The van der Waals surface area contributed by atoms with Crippen molar-refractivity contribution in [2.75, 3.05) is 0 Å². The monoisotopic (exact) mass is 439 g/mol. The zero-order valence-electron chi connectivity index (χ0n) is 11.4. The molecule has 158 valence electrons. The number of hydrogen-bond donors (Lipinski definition) is 0. The molecule has 3 nitrogen and oxygen atoms in total. The van der Waals surface area contributed by atoms with E-state index in [1.165, 1.54) is 0 Å². The third-order valence-electron chi connectivity index (χ3n) is 3.14. The Morgan fingerprint density at radius 3 is 1.11 bits per heavy atom. The van der Waals surface area contributed by atoms with Crippen LogP contribution in [0, 0.1) is 0 Å². The Morgan fingerprint density at radius 1 is 0.556 bits per heavy atom. The van der Waals surface area contributed by atoms with Gasteiger partial charge in [0.05, 0.1) is 0 Å². The van der Waals surface area contributed by atoms with E-state index in [1.807, 2.05) is 0 Å². The fourth-order valence-corrected chi connectivity index (χ4v) is 1.60. The summed E-state index contributed by atoms with van der Waals surface area (Å²) in [4.78, 5) is 18.3. The molecule has 0 N–H and O–H groups in total. The van der Waals surface area contributed by atoms with Gasteiger partial charge in [-0.1, -0.05) is 0 Å². The van der Waals surface area contributed by atoms with Crippen molar-refractivity contribution in [1.29, 1.82) is 0 Å². The minimum atomic E-state index is -8.19. The van der Waals surface area contributed by atoms with Gasteiger partial charge in [0.1, 0.15) is 0 Å². The molecular formula is C9F15NO2. The van der Waals surface area contributed by atoms with Gasteiger partial charge in [-0.15, -0.1) is 0 Å². The Kier molecular flexibility index (Phi) is 4.57. The van der Waals surface area contributed by atoms with Crippen molar-refractivity contribution >= 4 is 11.8 Å². The molecule has 27 heavy (non-hydrogen) atoms. The predicted molar refractivity (Wildman–Crippen MR) is 47.6 cm³/mol. The third-order valence-corrected chi connectivity index (χ3v) is 3.14. The minimum absolute atomic E-state index is 3.17. The molecule has 0 saturated carbocycles. The summed E-state index contributed by atoms with van der Waals surface area (Å²) in [6, 6.07) is -7.65. The van der Waals surface area contributed by atoms with Crippen LogP contribution in [0.25, 0.3) is 0 Å². The molecule has 0 atom stereocenters. The van der Waals surface area contributed by atoms with E-state index < -0.39 is 58.5 Å². The summed E-state index contributed by atoms with van der Waals surface area (Å²) < 4.78 is 191. The Labute approximate surface area is 135 Å². The highest BCUT2D eigenvalue weighted by molar-refractivity contribution is 6.11.